The fourth-order valence-electron chi connectivity index (χ4n) is 5.73. The lowest BCUT2D eigenvalue weighted by molar-refractivity contribution is 0.669. The van der Waals surface area contributed by atoms with Gasteiger partial charge in [-0.25, -0.2) is 15.0 Å². The van der Waals surface area contributed by atoms with Gasteiger partial charge in [0, 0.05) is 38.2 Å². The first-order valence-corrected chi connectivity index (χ1v) is 15.1. The van der Waals surface area contributed by atoms with Crippen molar-refractivity contribution in [1.82, 2.24) is 15.0 Å². The van der Waals surface area contributed by atoms with E-state index < -0.39 is 95.1 Å². The average molecular weight is 660 g/mol. The highest BCUT2D eigenvalue weighted by Gasteiger charge is 2.16. The first-order chi connectivity index (χ1) is 32.2. The normalized spacial score (nSPS) is 16.6. The average Bonchev–Trinajstić information content (AvgIpc) is 3.80. The number of nitrogens with zero attached hydrogens (tertiary/aromatic N) is 3. The second kappa shape index (κ2) is 11.4. The molecule has 0 saturated carbocycles. The molecule has 0 fully saturated rings. The van der Waals surface area contributed by atoms with Crippen LogP contribution in [0.5, 0.6) is 0 Å². The molecule has 0 unspecified atom stereocenters. The third-order valence-corrected chi connectivity index (χ3v) is 7.98. The smallest absolute Gasteiger partial charge is 0.164 e. The molecule has 10 rings (SSSR count). The van der Waals surface area contributed by atoms with Crippen molar-refractivity contribution in [1.29, 1.82) is 0 Å². The molecule has 7 aromatic carbocycles. The van der Waals surface area contributed by atoms with Crippen LogP contribution in [-0.4, -0.2) is 15.0 Å². The van der Waals surface area contributed by atoms with Crippen LogP contribution in [0.3, 0.4) is 0 Å². The number of aromatic nitrogens is 3. The van der Waals surface area contributed by atoms with Crippen molar-refractivity contribution in [3.63, 3.8) is 0 Å². The lowest BCUT2D eigenvalue weighted by atomic mass is 9.97. The third kappa shape index (κ3) is 4.75. The van der Waals surface area contributed by atoms with Crippen LogP contribution in [0.2, 0.25) is 0 Å². The highest BCUT2D eigenvalue weighted by molar-refractivity contribution is 6.14. The fraction of sp³-hybridized carbons (Fsp3) is 0. The number of para-hydroxylation sites is 1. The SMILES string of the molecule is [2H]c1cc([2H])c(-c2nc(-c3c([2H])cc([2H])c(-c4c([2H])cc5c(oc6c([2H])c([2H])c(-c7c([2H])c([2H])cc8oc9cc([2H])c([2H])cc9c78)cc65)c4[2H])c3[2H])nc(-c3c([2H])c([2H])cc([2H])c3[2H])n2)c([2H])c1. The summed E-state index contributed by atoms with van der Waals surface area (Å²) < 4.78 is 169. The lowest BCUT2D eigenvalue weighted by Gasteiger charge is -2.09. The molecule has 0 atom stereocenters. The van der Waals surface area contributed by atoms with Gasteiger partial charge in [-0.05, 0) is 64.6 Å². The largest absolute Gasteiger partial charge is 0.456 e. The summed E-state index contributed by atoms with van der Waals surface area (Å²) in [5.41, 5.74) is -1.71. The van der Waals surface area contributed by atoms with Gasteiger partial charge in [-0.1, -0.05) is 121 Å². The molecule has 3 heterocycles. The van der Waals surface area contributed by atoms with Crippen LogP contribution in [0.25, 0.3) is 100 Å². The summed E-state index contributed by atoms with van der Waals surface area (Å²) >= 11 is 0. The van der Waals surface area contributed by atoms with E-state index in [0.717, 1.165) is 24.3 Å². The molecule has 5 nitrogen and oxygen atoms in total. The van der Waals surface area contributed by atoms with E-state index in [1.807, 2.05) is 0 Å². The van der Waals surface area contributed by atoms with E-state index in [2.05, 4.69) is 15.0 Å². The van der Waals surface area contributed by atoms with Crippen molar-refractivity contribution in [2.24, 2.45) is 0 Å². The summed E-state index contributed by atoms with van der Waals surface area (Å²) in [6.45, 7) is 0. The quantitative estimate of drug-likeness (QED) is 0.184. The summed E-state index contributed by atoms with van der Waals surface area (Å²) in [6.07, 6.45) is 0. The Labute approximate surface area is 312 Å². The Kier molecular flexibility index (Phi) is 3.55. The molecule has 0 aliphatic carbocycles. The van der Waals surface area contributed by atoms with E-state index in [-0.39, 0.29) is 109 Å². The molecule has 0 spiro atoms. The number of hydrogen-bond acceptors (Lipinski definition) is 5. The maximum absolute atomic E-state index is 9.50. The second-order valence-electron chi connectivity index (χ2n) is 11.0. The van der Waals surface area contributed by atoms with Crippen molar-refractivity contribution in [2.45, 2.75) is 0 Å². The Morgan fingerprint density at radius 2 is 1.10 bits per heavy atom. The van der Waals surface area contributed by atoms with Gasteiger partial charge in [-0.15, -0.1) is 0 Å². The van der Waals surface area contributed by atoms with Crippen molar-refractivity contribution >= 4 is 43.9 Å². The van der Waals surface area contributed by atoms with Crippen LogP contribution < -0.4 is 0 Å². The van der Waals surface area contributed by atoms with Gasteiger partial charge in [-0.2, -0.15) is 0 Å². The molecule has 0 saturated heterocycles. The van der Waals surface area contributed by atoms with Gasteiger partial charge in [0.05, 0.1) is 24.7 Å². The number of benzene rings is 7. The molecule has 3 aromatic heterocycles. The molecular formula is C45H27N3O2. The van der Waals surface area contributed by atoms with Crippen LogP contribution >= 0.6 is 0 Å². The number of fused-ring (bicyclic) bond motifs is 6. The molecular weight excluding hydrogens is 615 g/mol. The third-order valence-electron chi connectivity index (χ3n) is 7.98. The van der Waals surface area contributed by atoms with Gasteiger partial charge in [0.1, 0.15) is 22.3 Å². The zero-order valence-corrected chi connectivity index (χ0v) is 25.4. The topological polar surface area (TPSA) is 65.0 Å². The van der Waals surface area contributed by atoms with Crippen LogP contribution in [0.15, 0.2) is 172 Å². The zero-order chi connectivity index (χ0) is 48.7. The Balaban J connectivity index is 1.21. The van der Waals surface area contributed by atoms with E-state index in [9.17, 15) is 4.11 Å². The minimum absolute atomic E-state index is 0.00321. The molecule has 10 aromatic rings. The first kappa shape index (κ1) is 15.6. The summed E-state index contributed by atoms with van der Waals surface area (Å²) in [5, 5.41) is 0.878. The maximum atomic E-state index is 9.50. The highest BCUT2D eigenvalue weighted by atomic mass is 16.3. The van der Waals surface area contributed by atoms with Crippen molar-refractivity contribution in [3.8, 4) is 56.4 Å². The maximum Gasteiger partial charge on any atom is 0.164 e. The standard InChI is InChI=1S/C45H27N3O2/c1-3-11-28(12-4-1)43-46-44(29-13-5-2-6-14-29)48-45(47-43)33-16-9-15-30(25-33)31-21-23-35-37-26-32(22-24-39(37)50-41(35)27-31)34-18-10-20-40-42(34)36-17-7-8-19-38(36)49-40/h1-27H/i1D,5D,6D,7D,8D,10D,11D,12D,13D,14D,15D,16D,18D,21D,22D,24D,25D,27D. The van der Waals surface area contributed by atoms with E-state index in [1.165, 1.54) is 30.3 Å². The van der Waals surface area contributed by atoms with Crippen molar-refractivity contribution in [3.05, 3.63) is 163 Å². The number of furan rings is 2. The highest BCUT2D eigenvalue weighted by Crippen LogP contribution is 2.40. The monoisotopic (exact) mass is 659 g/mol. The van der Waals surface area contributed by atoms with Gasteiger partial charge in [0.25, 0.3) is 0 Å². The van der Waals surface area contributed by atoms with Crippen LogP contribution in [-0.2, 0) is 0 Å². The predicted octanol–water partition coefficient (Wildman–Crippen LogP) is 12.0. The predicted molar refractivity (Wildman–Crippen MR) is 202 cm³/mol. The fourth-order valence-corrected chi connectivity index (χ4v) is 5.73. The molecule has 0 aliphatic heterocycles. The van der Waals surface area contributed by atoms with E-state index in [0.29, 0.717) is 5.39 Å². The first-order valence-electron chi connectivity index (χ1n) is 24.1. The van der Waals surface area contributed by atoms with Gasteiger partial charge < -0.3 is 8.83 Å². The summed E-state index contributed by atoms with van der Waals surface area (Å²) in [5.74, 6) is -1.37. The molecule has 50 heavy (non-hydrogen) atoms. The van der Waals surface area contributed by atoms with Crippen LogP contribution in [0.1, 0.15) is 24.7 Å². The van der Waals surface area contributed by atoms with Crippen molar-refractivity contribution < 1.29 is 33.5 Å². The number of rotatable bonds is 5. The molecule has 5 heteroatoms. The summed E-state index contributed by atoms with van der Waals surface area (Å²) in [7, 11) is 0. The molecule has 0 N–H and O–H groups in total. The molecule has 234 valence electrons. The van der Waals surface area contributed by atoms with Gasteiger partial charge >= 0.3 is 0 Å². The summed E-state index contributed by atoms with van der Waals surface area (Å²) in [6, 6.07) is 3.78. The Hall–Kier alpha value is -6.85. The molecule has 0 bridgehead atoms. The second-order valence-corrected chi connectivity index (χ2v) is 11.0. The number of hydrogen-bond donors (Lipinski definition) is 0. The van der Waals surface area contributed by atoms with E-state index in [1.54, 1.807) is 0 Å². The Morgan fingerprint density at radius 3 is 1.96 bits per heavy atom. The molecule has 0 radical (unpaired) electrons. The van der Waals surface area contributed by atoms with Gasteiger partial charge in [0.2, 0.25) is 0 Å². The Bertz CT molecular complexity index is 3880. The van der Waals surface area contributed by atoms with Crippen LogP contribution in [0.4, 0.5) is 0 Å². The molecule has 0 aliphatic rings. The molecule has 0 amide bonds. The lowest BCUT2D eigenvalue weighted by Crippen LogP contribution is -2.00. The van der Waals surface area contributed by atoms with Gasteiger partial charge in [0.15, 0.2) is 17.5 Å². The van der Waals surface area contributed by atoms with Gasteiger partial charge in [-0.3, -0.25) is 0 Å². The van der Waals surface area contributed by atoms with Crippen molar-refractivity contribution in [2.75, 3.05) is 0 Å². The minimum Gasteiger partial charge on any atom is -0.456 e. The summed E-state index contributed by atoms with van der Waals surface area (Å²) in [4.78, 5) is 13.2. The Morgan fingerprint density at radius 1 is 0.400 bits per heavy atom. The van der Waals surface area contributed by atoms with E-state index >= 15 is 0 Å². The van der Waals surface area contributed by atoms with Crippen LogP contribution in [0, 0.1) is 0 Å². The minimum atomic E-state index is -0.644. The van der Waals surface area contributed by atoms with E-state index in [4.69, 9.17) is 29.4 Å². The zero-order valence-electron chi connectivity index (χ0n) is 43.4.